The molecule has 0 atom stereocenters. The van der Waals surface area contributed by atoms with E-state index >= 15 is 0 Å². The van der Waals surface area contributed by atoms with E-state index in [0.29, 0.717) is 23.1 Å². The lowest BCUT2D eigenvalue weighted by Crippen LogP contribution is -2.13. The minimum atomic E-state index is -0.241. The number of hydrogen-bond donors (Lipinski definition) is 2. The van der Waals surface area contributed by atoms with Gasteiger partial charge in [-0.05, 0) is 42.3 Å². The molecule has 0 saturated carbocycles. The summed E-state index contributed by atoms with van der Waals surface area (Å²) in [6.07, 6.45) is 3.00. The third kappa shape index (κ3) is 4.78. The zero-order chi connectivity index (χ0) is 17.6. The number of benzene rings is 2. The highest BCUT2D eigenvalue weighted by atomic mass is 35.5. The molecule has 0 fully saturated rings. The first-order valence-corrected chi connectivity index (χ1v) is 8.16. The Bertz CT molecular complexity index is 863. The lowest BCUT2D eigenvalue weighted by Gasteiger charge is -2.07. The molecule has 5 nitrogen and oxygen atoms in total. The van der Waals surface area contributed by atoms with Gasteiger partial charge in [-0.15, -0.1) is 0 Å². The summed E-state index contributed by atoms with van der Waals surface area (Å²) in [5.41, 5.74) is 3.29. The molecule has 0 aliphatic rings. The molecule has 0 bridgehead atoms. The van der Waals surface area contributed by atoms with Gasteiger partial charge in [0.15, 0.2) is 0 Å². The van der Waals surface area contributed by atoms with Gasteiger partial charge in [-0.3, -0.25) is 4.79 Å². The van der Waals surface area contributed by atoms with Crippen molar-refractivity contribution >= 4 is 29.1 Å². The maximum absolute atomic E-state index is 12.2. The van der Waals surface area contributed by atoms with Crippen LogP contribution in [0.25, 0.3) is 0 Å². The highest BCUT2D eigenvalue weighted by Crippen LogP contribution is 2.12. The minimum Gasteiger partial charge on any atom is -0.350 e. The van der Waals surface area contributed by atoms with Gasteiger partial charge in [0.2, 0.25) is 5.95 Å². The number of rotatable bonds is 5. The number of hydrogen-bond acceptors (Lipinski definition) is 4. The maximum atomic E-state index is 12.2. The quantitative estimate of drug-likeness (QED) is 0.718. The van der Waals surface area contributed by atoms with Crippen molar-refractivity contribution in [3.05, 3.63) is 82.6 Å². The molecule has 0 radical (unpaired) electrons. The normalized spacial score (nSPS) is 10.3. The Kier molecular flexibility index (Phi) is 5.26. The van der Waals surface area contributed by atoms with E-state index in [1.54, 1.807) is 0 Å². The molecule has 1 heterocycles. The van der Waals surface area contributed by atoms with E-state index in [9.17, 15) is 4.79 Å². The van der Waals surface area contributed by atoms with E-state index in [1.807, 2.05) is 55.5 Å². The Hall–Kier alpha value is -2.92. The molecule has 0 spiro atoms. The molecular formula is C19H17ClN4O. The Labute approximate surface area is 151 Å². The van der Waals surface area contributed by atoms with Crippen molar-refractivity contribution in [3.8, 4) is 0 Å². The molecule has 3 aromatic rings. The van der Waals surface area contributed by atoms with Crippen molar-refractivity contribution in [2.45, 2.75) is 13.5 Å². The Morgan fingerprint density at radius 2 is 1.80 bits per heavy atom. The molecule has 1 aromatic heterocycles. The van der Waals surface area contributed by atoms with Crippen LogP contribution in [0.5, 0.6) is 0 Å². The molecule has 6 heteroatoms. The summed E-state index contributed by atoms with van der Waals surface area (Å²) in [5, 5.41) is 6.63. The fraction of sp³-hybridized carbons (Fsp3) is 0.105. The van der Waals surface area contributed by atoms with Gasteiger partial charge in [-0.25, -0.2) is 9.97 Å². The lowest BCUT2D eigenvalue weighted by molar-refractivity contribution is 0.102. The van der Waals surface area contributed by atoms with Gasteiger partial charge in [-0.2, -0.15) is 0 Å². The van der Waals surface area contributed by atoms with E-state index in [0.717, 1.165) is 16.8 Å². The minimum absolute atomic E-state index is 0.241. The molecular weight excluding hydrogens is 336 g/mol. The topological polar surface area (TPSA) is 66.9 Å². The largest absolute Gasteiger partial charge is 0.350 e. The average Bonchev–Trinajstić information content (AvgIpc) is 2.62. The first-order chi connectivity index (χ1) is 12.1. The third-order valence-electron chi connectivity index (χ3n) is 3.55. The van der Waals surface area contributed by atoms with Crippen LogP contribution in [-0.4, -0.2) is 15.9 Å². The number of anilines is 2. The van der Waals surface area contributed by atoms with E-state index in [-0.39, 0.29) is 5.91 Å². The number of nitrogens with zero attached hydrogens (tertiary/aromatic N) is 2. The number of amides is 1. The molecule has 126 valence electrons. The monoisotopic (exact) mass is 352 g/mol. The molecule has 0 unspecified atom stereocenters. The van der Waals surface area contributed by atoms with Crippen LogP contribution in [0, 0.1) is 6.92 Å². The zero-order valence-electron chi connectivity index (χ0n) is 13.7. The fourth-order valence-electron chi connectivity index (χ4n) is 2.25. The summed E-state index contributed by atoms with van der Waals surface area (Å²) in [4.78, 5) is 20.6. The molecule has 0 aliphatic carbocycles. The van der Waals surface area contributed by atoms with Crippen LogP contribution in [0.1, 0.15) is 21.5 Å². The number of aromatic nitrogens is 2. The first kappa shape index (κ1) is 16.9. The highest BCUT2D eigenvalue weighted by Gasteiger charge is 2.08. The number of nitrogens with one attached hydrogen (secondary N) is 2. The van der Waals surface area contributed by atoms with Gasteiger partial charge < -0.3 is 10.6 Å². The summed E-state index contributed by atoms with van der Waals surface area (Å²) < 4.78 is 0. The summed E-state index contributed by atoms with van der Waals surface area (Å²) in [6.45, 7) is 2.55. The number of carbonyl (C=O) groups excluding carboxylic acids is 1. The van der Waals surface area contributed by atoms with Crippen LogP contribution in [0.2, 0.25) is 5.02 Å². The van der Waals surface area contributed by atoms with Crippen LogP contribution in [0.15, 0.2) is 60.9 Å². The fourth-order valence-corrected chi connectivity index (χ4v) is 2.37. The summed E-state index contributed by atoms with van der Waals surface area (Å²) in [6, 6.07) is 15.1. The molecule has 2 aromatic carbocycles. The van der Waals surface area contributed by atoms with E-state index in [4.69, 9.17) is 11.6 Å². The van der Waals surface area contributed by atoms with Crippen molar-refractivity contribution in [1.29, 1.82) is 0 Å². The van der Waals surface area contributed by atoms with Gasteiger partial charge in [0.05, 0.1) is 5.56 Å². The predicted molar refractivity (Wildman–Crippen MR) is 99.9 cm³/mol. The molecule has 0 saturated heterocycles. The second-order valence-electron chi connectivity index (χ2n) is 5.60. The molecule has 0 aliphatic heterocycles. The molecule has 3 rings (SSSR count). The standard InChI is InChI=1S/C19H17ClN4O/c1-13-3-2-4-17(9-13)24-18(25)15-11-22-19(23-12-15)21-10-14-5-7-16(20)8-6-14/h2-9,11-12H,10H2,1H3,(H,24,25)(H,21,22,23). The van der Waals surface area contributed by atoms with Gasteiger partial charge in [0.25, 0.3) is 5.91 Å². The van der Waals surface area contributed by atoms with Gasteiger partial charge in [-0.1, -0.05) is 35.9 Å². The van der Waals surface area contributed by atoms with Gasteiger partial charge in [0.1, 0.15) is 0 Å². The van der Waals surface area contributed by atoms with E-state index in [2.05, 4.69) is 20.6 Å². The molecule has 1 amide bonds. The van der Waals surface area contributed by atoms with E-state index in [1.165, 1.54) is 12.4 Å². The summed E-state index contributed by atoms with van der Waals surface area (Å²) in [7, 11) is 0. The van der Waals surface area contributed by atoms with Crippen molar-refractivity contribution in [2.75, 3.05) is 10.6 Å². The Morgan fingerprint density at radius 3 is 2.48 bits per heavy atom. The van der Waals surface area contributed by atoms with Crippen molar-refractivity contribution < 1.29 is 4.79 Å². The summed E-state index contributed by atoms with van der Waals surface area (Å²) >= 11 is 5.86. The summed E-state index contributed by atoms with van der Waals surface area (Å²) in [5.74, 6) is 0.219. The van der Waals surface area contributed by atoms with Crippen molar-refractivity contribution in [3.63, 3.8) is 0 Å². The number of aryl methyl sites for hydroxylation is 1. The second-order valence-corrected chi connectivity index (χ2v) is 6.04. The SMILES string of the molecule is Cc1cccc(NC(=O)c2cnc(NCc3ccc(Cl)cc3)nc2)c1. The molecule has 25 heavy (non-hydrogen) atoms. The number of carbonyl (C=O) groups is 1. The van der Waals surface area contributed by atoms with Crippen LogP contribution in [0.3, 0.4) is 0 Å². The number of halogens is 1. The third-order valence-corrected chi connectivity index (χ3v) is 3.81. The highest BCUT2D eigenvalue weighted by molar-refractivity contribution is 6.30. The van der Waals surface area contributed by atoms with Crippen molar-refractivity contribution in [2.24, 2.45) is 0 Å². The second kappa shape index (κ2) is 7.77. The maximum Gasteiger partial charge on any atom is 0.258 e. The zero-order valence-corrected chi connectivity index (χ0v) is 14.4. The van der Waals surface area contributed by atoms with E-state index < -0.39 is 0 Å². The average molecular weight is 353 g/mol. The van der Waals surface area contributed by atoms with Crippen LogP contribution in [0.4, 0.5) is 11.6 Å². The first-order valence-electron chi connectivity index (χ1n) is 7.78. The molecule has 2 N–H and O–H groups in total. The van der Waals surface area contributed by atoms with Crippen LogP contribution in [-0.2, 0) is 6.54 Å². The predicted octanol–water partition coefficient (Wildman–Crippen LogP) is 4.30. The Morgan fingerprint density at radius 1 is 1.08 bits per heavy atom. The van der Waals surface area contributed by atoms with Gasteiger partial charge in [0, 0.05) is 29.6 Å². The Balaban J connectivity index is 1.59. The lowest BCUT2D eigenvalue weighted by atomic mass is 10.2. The van der Waals surface area contributed by atoms with Crippen molar-refractivity contribution in [1.82, 2.24) is 9.97 Å². The van der Waals surface area contributed by atoms with Crippen LogP contribution >= 0.6 is 11.6 Å². The van der Waals surface area contributed by atoms with Crippen LogP contribution < -0.4 is 10.6 Å². The van der Waals surface area contributed by atoms with Gasteiger partial charge >= 0.3 is 0 Å². The smallest absolute Gasteiger partial charge is 0.258 e.